The summed E-state index contributed by atoms with van der Waals surface area (Å²) in [6, 6.07) is -0.0373. The number of aliphatic carboxylic acids is 1. The SMILES string of the molecule is NC(=O)CCC(NC(=O)c1cc(Cl)ncc1Cl)C(=O)O. The second-order valence-electron chi connectivity index (χ2n) is 3.86. The van der Waals surface area contributed by atoms with Gasteiger partial charge in [0, 0.05) is 12.6 Å². The Kier molecular flexibility index (Phi) is 5.72. The minimum atomic E-state index is -1.28. The van der Waals surface area contributed by atoms with Gasteiger partial charge in [-0.3, -0.25) is 9.59 Å². The molecule has 1 unspecified atom stereocenters. The highest BCUT2D eigenvalue weighted by Gasteiger charge is 2.22. The number of carbonyl (C=O) groups is 3. The molecule has 0 bridgehead atoms. The van der Waals surface area contributed by atoms with Crippen LogP contribution in [0.4, 0.5) is 0 Å². The zero-order valence-electron chi connectivity index (χ0n) is 10.1. The summed E-state index contributed by atoms with van der Waals surface area (Å²) >= 11 is 11.4. The summed E-state index contributed by atoms with van der Waals surface area (Å²) in [5.74, 6) is -2.66. The third-order valence-electron chi connectivity index (χ3n) is 2.35. The molecular weight excluding hydrogens is 309 g/mol. The van der Waals surface area contributed by atoms with Gasteiger partial charge in [-0.25, -0.2) is 9.78 Å². The van der Waals surface area contributed by atoms with E-state index in [0.29, 0.717) is 0 Å². The van der Waals surface area contributed by atoms with Gasteiger partial charge < -0.3 is 16.2 Å². The number of hydrogen-bond acceptors (Lipinski definition) is 4. The molecule has 108 valence electrons. The minimum absolute atomic E-state index is 0.00279. The fourth-order valence-corrected chi connectivity index (χ4v) is 1.71. The number of nitrogens with two attached hydrogens (primary N) is 1. The van der Waals surface area contributed by atoms with Gasteiger partial charge in [0.15, 0.2) is 0 Å². The molecule has 0 aliphatic carbocycles. The molecule has 0 fully saturated rings. The number of hydrogen-bond donors (Lipinski definition) is 3. The second-order valence-corrected chi connectivity index (χ2v) is 4.65. The lowest BCUT2D eigenvalue weighted by molar-refractivity contribution is -0.139. The normalized spacial score (nSPS) is 11.7. The van der Waals surface area contributed by atoms with Crippen LogP contribution in [0.15, 0.2) is 12.3 Å². The predicted molar refractivity (Wildman–Crippen MR) is 71.6 cm³/mol. The van der Waals surface area contributed by atoms with Crippen LogP contribution in [-0.2, 0) is 9.59 Å². The van der Waals surface area contributed by atoms with Gasteiger partial charge in [0.25, 0.3) is 5.91 Å². The van der Waals surface area contributed by atoms with Crippen LogP contribution < -0.4 is 11.1 Å². The van der Waals surface area contributed by atoms with Gasteiger partial charge in [-0.05, 0) is 12.5 Å². The highest BCUT2D eigenvalue weighted by molar-refractivity contribution is 6.35. The molecular formula is C11H11Cl2N3O4. The molecule has 4 N–H and O–H groups in total. The molecule has 20 heavy (non-hydrogen) atoms. The van der Waals surface area contributed by atoms with Crippen molar-refractivity contribution in [1.29, 1.82) is 0 Å². The molecule has 1 atom stereocenters. The van der Waals surface area contributed by atoms with Crippen LogP contribution in [0.2, 0.25) is 10.2 Å². The first kappa shape index (κ1) is 16.2. The summed E-state index contributed by atoms with van der Waals surface area (Å²) in [5.41, 5.74) is 4.93. The Morgan fingerprint density at radius 2 is 2.05 bits per heavy atom. The van der Waals surface area contributed by atoms with E-state index in [1.165, 1.54) is 12.3 Å². The van der Waals surface area contributed by atoms with Gasteiger partial charge >= 0.3 is 5.97 Å². The van der Waals surface area contributed by atoms with E-state index in [4.69, 9.17) is 34.0 Å². The first-order valence-electron chi connectivity index (χ1n) is 5.44. The maximum Gasteiger partial charge on any atom is 0.326 e. The van der Waals surface area contributed by atoms with E-state index >= 15 is 0 Å². The first-order valence-corrected chi connectivity index (χ1v) is 6.20. The number of carboxylic acids is 1. The zero-order chi connectivity index (χ0) is 15.3. The van der Waals surface area contributed by atoms with Crippen LogP contribution in [0, 0.1) is 0 Å². The fourth-order valence-electron chi connectivity index (χ4n) is 1.37. The minimum Gasteiger partial charge on any atom is -0.480 e. The van der Waals surface area contributed by atoms with Gasteiger partial charge in [-0.15, -0.1) is 0 Å². The van der Waals surface area contributed by atoms with Crippen molar-refractivity contribution in [1.82, 2.24) is 10.3 Å². The lowest BCUT2D eigenvalue weighted by Crippen LogP contribution is -2.41. The Hall–Kier alpha value is -1.86. The lowest BCUT2D eigenvalue weighted by Gasteiger charge is -2.14. The number of carbonyl (C=O) groups excluding carboxylic acids is 2. The van der Waals surface area contributed by atoms with E-state index in [2.05, 4.69) is 10.3 Å². The molecule has 1 rings (SSSR count). The Morgan fingerprint density at radius 1 is 1.40 bits per heavy atom. The third-order valence-corrected chi connectivity index (χ3v) is 2.86. The third kappa shape index (κ3) is 4.67. The molecule has 2 amide bonds. The van der Waals surface area contributed by atoms with Gasteiger partial charge in [0.2, 0.25) is 5.91 Å². The second kappa shape index (κ2) is 7.06. The lowest BCUT2D eigenvalue weighted by atomic mass is 10.1. The Bertz CT molecular complexity index is 550. The van der Waals surface area contributed by atoms with Crippen LogP contribution in [-0.4, -0.2) is 33.9 Å². The van der Waals surface area contributed by atoms with Crippen molar-refractivity contribution in [3.63, 3.8) is 0 Å². The molecule has 0 aliphatic heterocycles. The summed E-state index contributed by atoms with van der Waals surface area (Å²) in [6.45, 7) is 0. The van der Waals surface area contributed by atoms with E-state index in [-0.39, 0.29) is 28.6 Å². The van der Waals surface area contributed by atoms with Crippen molar-refractivity contribution in [3.05, 3.63) is 28.0 Å². The van der Waals surface area contributed by atoms with Crippen molar-refractivity contribution >= 4 is 41.0 Å². The summed E-state index contributed by atoms with van der Waals surface area (Å²) in [7, 11) is 0. The number of halogens is 2. The Balaban J connectivity index is 2.82. The van der Waals surface area contributed by atoms with E-state index in [1.807, 2.05) is 0 Å². The monoisotopic (exact) mass is 319 g/mol. The molecule has 9 heteroatoms. The topological polar surface area (TPSA) is 122 Å². The molecule has 1 heterocycles. The van der Waals surface area contributed by atoms with E-state index in [0.717, 1.165) is 0 Å². The highest BCUT2D eigenvalue weighted by atomic mass is 35.5. The summed E-state index contributed by atoms with van der Waals surface area (Å²) in [5, 5.41) is 11.3. The number of primary amides is 1. The van der Waals surface area contributed by atoms with Crippen LogP contribution in [0.1, 0.15) is 23.2 Å². The molecule has 0 radical (unpaired) electrons. The van der Waals surface area contributed by atoms with Crippen LogP contribution in [0.25, 0.3) is 0 Å². The first-order chi connectivity index (χ1) is 9.31. The van der Waals surface area contributed by atoms with Gasteiger partial charge in [-0.1, -0.05) is 23.2 Å². The molecule has 0 aliphatic rings. The Labute approximate surface area is 124 Å². The van der Waals surface area contributed by atoms with Crippen molar-refractivity contribution in [2.75, 3.05) is 0 Å². The van der Waals surface area contributed by atoms with Gasteiger partial charge in [-0.2, -0.15) is 0 Å². The van der Waals surface area contributed by atoms with Crippen LogP contribution in [0.3, 0.4) is 0 Å². The molecule has 0 saturated heterocycles. The number of nitrogens with one attached hydrogen (secondary N) is 1. The number of rotatable bonds is 6. The Morgan fingerprint density at radius 3 is 2.60 bits per heavy atom. The average molecular weight is 320 g/mol. The van der Waals surface area contributed by atoms with E-state index in [1.54, 1.807) is 0 Å². The summed E-state index contributed by atoms with van der Waals surface area (Å²) in [4.78, 5) is 37.2. The summed E-state index contributed by atoms with van der Waals surface area (Å²) < 4.78 is 0. The number of pyridine rings is 1. The molecule has 0 saturated carbocycles. The van der Waals surface area contributed by atoms with Crippen molar-refractivity contribution < 1.29 is 19.5 Å². The van der Waals surface area contributed by atoms with Crippen molar-refractivity contribution in [2.45, 2.75) is 18.9 Å². The molecule has 7 nitrogen and oxygen atoms in total. The predicted octanol–water partition coefficient (Wildman–Crippen LogP) is 0.837. The maximum absolute atomic E-state index is 11.9. The summed E-state index contributed by atoms with van der Waals surface area (Å²) in [6.07, 6.45) is 0.896. The van der Waals surface area contributed by atoms with Crippen molar-refractivity contribution in [2.24, 2.45) is 5.73 Å². The van der Waals surface area contributed by atoms with Crippen molar-refractivity contribution in [3.8, 4) is 0 Å². The zero-order valence-corrected chi connectivity index (χ0v) is 11.6. The van der Waals surface area contributed by atoms with E-state index in [9.17, 15) is 14.4 Å². The van der Waals surface area contributed by atoms with Crippen LogP contribution >= 0.6 is 23.2 Å². The highest BCUT2D eigenvalue weighted by Crippen LogP contribution is 2.18. The molecule has 1 aromatic rings. The molecule has 0 aromatic carbocycles. The molecule has 1 aromatic heterocycles. The maximum atomic E-state index is 11.9. The van der Waals surface area contributed by atoms with Crippen LogP contribution in [0.5, 0.6) is 0 Å². The smallest absolute Gasteiger partial charge is 0.326 e. The number of nitrogens with zero attached hydrogens (tertiary/aromatic N) is 1. The number of aromatic nitrogens is 1. The van der Waals surface area contributed by atoms with Gasteiger partial charge in [0.05, 0.1) is 10.6 Å². The van der Waals surface area contributed by atoms with E-state index < -0.39 is 23.8 Å². The number of carboxylic acid groups (broad SMARTS) is 1. The van der Waals surface area contributed by atoms with Gasteiger partial charge in [0.1, 0.15) is 11.2 Å². The largest absolute Gasteiger partial charge is 0.480 e. The number of amides is 2. The standard InChI is InChI=1S/C11H11Cl2N3O4/c12-6-4-15-8(13)3-5(6)10(18)16-7(11(19)20)1-2-9(14)17/h3-4,7H,1-2H2,(H2,14,17)(H,16,18)(H,19,20). The fraction of sp³-hybridized carbons (Fsp3) is 0.273. The molecule has 0 spiro atoms. The quantitative estimate of drug-likeness (QED) is 0.670. The average Bonchev–Trinajstić information content (AvgIpc) is 2.36.